The number of benzene rings is 2. The first kappa shape index (κ1) is 18.1. The van der Waals surface area contributed by atoms with E-state index in [1.165, 1.54) is 0 Å². The van der Waals surface area contributed by atoms with Crippen molar-refractivity contribution in [2.75, 3.05) is 13.2 Å². The zero-order chi connectivity index (χ0) is 18.9. The molecule has 0 saturated heterocycles. The number of hydrogen-bond acceptors (Lipinski definition) is 6. The number of nitro groups is 1. The largest absolute Gasteiger partial charge is 0.486 e. The van der Waals surface area contributed by atoms with E-state index in [-0.39, 0.29) is 0 Å². The molecule has 0 saturated carbocycles. The highest BCUT2D eigenvalue weighted by atomic mass is 32.2. The first-order valence-corrected chi connectivity index (χ1v) is 9.12. The van der Waals surface area contributed by atoms with Crippen LogP contribution in [0.25, 0.3) is 0 Å². The highest BCUT2D eigenvalue weighted by Crippen LogP contribution is 2.33. The van der Waals surface area contributed by atoms with Gasteiger partial charge in [-0.3, -0.25) is 10.1 Å². The van der Waals surface area contributed by atoms with Gasteiger partial charge in [0.15, 0.2) is 11.5 Å². The van der Waals surface area contributed by atoms with Crippen LogP contribution in [0, 0.1) is 15.9 Å². The molecule has 0 unspecified atom stereocenters. The number of sulfonamides is 1. The quantitative estimate of drug-likeness (QED) is 0.629. The fourth-order valence-electron chi connectivity index (χ4n) is 2.50. The van der Waals surface area contributed by atoms with Gasteiger partial charge < -0.3 is 9.47 Å². The molecule has 0 aliphatic carbocycles. The third-order valence-corrected chi connectivity index (χ3v) is 5.36. The third kappa shape index (κ3) is 3.60. The molecule has 1 atom stereocenters. The van der Waals surface area contributed by atoms with E-state index in [2.05, 4.69) is 4.72 Å². The Morgan fingerprint density at radius 3 is 2.54 bits per heavy atom. The van der Waals surface area contributed by atoms with Crippen LogP contribution in [-0.2, 0) is 10.0 Å². The number of nitro benzene ring substituents is 1. The van der Waals surface area contributed by atoms with Crippen molar-refractivity contribution >= 4 is 15.7 Å². The zero-order valence-corrected chi connectivity index (χ0v) is 14.5. The van der Waals surface area contributed by atoms with Crippen LogP contribution in [0.2, 0.25) is 0 Å². The molecule has 138 valence electrons. The summed E-state index contributed by atoms with van der Waals surface area (Å²) >= 11 is 0. The van der Waals surface area contributed by atoms with Crippen molar-refractivity contribution in [3.05, 3.63) is 57.9 Å². The number of ether oxygens (including phenoxy) is 2. The second kappa shape index (κ2) is 6.89. The molecule has 0 radical (unpaired) electrons. The van der Waals surface area contributed by atoms with Crippen molar-refractivity contribution in [3.63, 3.8) is 0 Å². The lowest BCUT2D eigenvalue weighted by molar-refractivity contribution is -0.387. The molecule has 0 amide bonds. The summed E-state index contributed by atoms with van der Waals surface area (Å²) in [7, 11) is -4.09. The Bertz CT molecular complexity index is 963. The Morgan fingerprint density at radius 1 is 1.15 bits per heavy atom. The fourth-order valence-corrected chi connectivity index (χ4v) is 3.75. The van der Waals surface area contributed by atoms with Crippen molar-refractivity contribution in [1.82, 2.24) is 4.72 Å². The zero-order valence-electron chi connectivity index (χ0n) is 13.6. The van der Waals surface area contributed by atoms with Crippen LogP contribution in [0.3, 0.4) is 0 Å². The number of fused-ring (bicyclic) bond motifs is 1. The van der Waals surface area contributed by atoms with Gasteiger partial charge in [0, 0.05) is 12.1 Å². The van der Waals surface area contributed by atoms with Crippen LogP contribution < -0.4 is 14.2 Å². The minimum atomic E-state index is -4.09. The van der Waals surface area contributed by atoms with E-state index in [1.807, 2.05) is 0 Å². The second-order valence-electron chi connectivity index (χ2n) is 5.62. The van der Waals surface area contributed by atoms with Crippen molar-refractivity contribution in [1.29, 1.82) is 0 Å². The third-order valence-electron chi connectivity index (χ3n) is 3.82. The molecule has 2 aromatic rings. The lowest BCUT2D eigenvalue weighted by Gasteiger charge is -2.21. The Balaban J connectivity index is 1.85. The fraction of sp³-hybridized carbons (Fsp3) is 0.250. The topological polar surface area (TPSA) is 108 Å². The molecule has 10 heteroatoms. The van der Waals surface area contributed by atoms with Gasteiger partial charge >= 0.3 is 5.69 Å². The van der Waals surface area contributed by atoms with Crippen molar-refractivity contribution in [2.45, 2.75) is 17.9 Å². The molecule has 0 bridgehead atoms. The van der Waals surface area contributed by atoms with E-state index in [4.69, 9.17) is 9.47 Å². The second-order valence-corrected chi connectivity index (χ2v) is 7.33. The molecule has 0 aromatic heterocycles. The average Bonchev–Trinajstić information content (AvgIpc) is 2.60. The SMILES string of the molecule is C[C@H](NS(=O)(=O)c1ccc(F)c([N+](=O)[O-])c1)c1ccc2c(c1)OCCO2. The van der Waals surface area contributed by atoms with E-state index in [1.54, 1.807) is 25.1 Å². The molecule has 26 heavy (non-hydrogen) atoms. The molecule has 1 aliphatic heterocycles. The number of nitrogens with zero attached hydrogens (tertiary/aromatic N) is 1. The van der Waals surface area contributed by atoms with Gasteiger partial charge in [0.25, 0.3) is 0 Å². The van der Waals surface area contributed by atoms with Gasteiger partial charge in [-0.2, -0.15) is 4.39 Å². The maximum absolute atomic E-state index is 13.4. The van der Waals surface area contributed by atoms with Crippen LogP contribution in [0.15, 0.2) is 41.3 Å². The Labute approximate surface area is 148 Å². The summed E-state index contributed by atoms with van der Waals surface area (Å²) in [5, 5.41) is 10.8. The van der Waals surface area contributed by atoms with Crippen LogP contribution in [0.4, 0.5) is 10.1 Å². The van der Waals surface area contributed by atoms with Gasteiger partial charge in [-0.15, -0.1) is 0 Å². The molecule has 3 rings (SSSR count). The molecule has 1 heterocycles. The molecule has 8 nitrogen and oxygen atoms in total. The number of rotatable bonds is 5. The van der Waals surface area contributed by atoms with E-state index in [9.17, 15) is 22.9 Å². The standard InChI is InChI=1S/C16H15FN2O6S/c1-10(11-2-5-15-16(8-11)25-7-6-24-15)18-26(22,23)12-3-4-13(17)14(9-12)19(20)21/h2-5,8-10,18H,6-7H2,1H3/t10-/m0/s1. The van der Waals surface area contributed by atoms with Crippen molar-refractivity contribution in [3.8, 4) is 11.5 Å². The predicted molar refractivity (Wildman–Crippen MR) is 89.2 cm³/mol. The molecule has 0 fully saturated rings. The van der Waals surface area contributed by atoms with Gasteiger partial charge in [0.1, 0.15) is 13.2 Å². The summed E-state index contributed by atoms with van der Waals surface area (Å²) in [6.45, 7) is 2.45. The summed E-state index contributed by atoms with van der Waals surface area (Å²) < 4.78 is 51.7. The Morgan fingerprint density at radius 2 is 1.85 bits per heavy atom. The molecular weight excluding hydrogens is 367 g/mol. The van der Waals surface area contributed by atoms with Gasteiger partial charge in [0.05, 0.1) is 9.82 Å². The monoisotopic (exact) mass is 382 g/mol. The summed E-state index contributed by atoms with van der Waals surface area (Å²) in [6, 6.07) is 6.79. The highest BCUT2D eigenvalue weighted by Gasteiger charge is 2.24. The van der Waals surface area contributed by atoms with Crippen molar-refractivity contribution < 1.29 is 27.2 Å². The first-order chi connectivity index (χ1) is 12.3. The summed E-state index contributed by atoms with van der Waals surface area (Å²) in [5.41, 5.74) is -0.283. The lowest BCUT2D eigenvalue weighted by atomic mass is 10.1. The van der Waals surface area contributed by atoms with Crippen LogP contribution in [0.5, 0.6) is 11.5 Å². The minimum absolute atomic E-state index is 0.394. The minimum Gasteiger partial charge on any atom is -0.486 e. The van der Waals surface area contributed by atoms with Gasteiger partial charge in [0.2, 0.25) is 15.8 Å². The Hall–Kier alpha value is -2.72. The van der Waals surface area contributed by atoms with Gasteiger partial charge in [-0.1, -0.05) is 6.07 Å². The summed E-state index contributed by atoms with van der Waals surface area (Å²) in [6.07, 6.45) is 0. The summed E-state index contributed by atoms with van der Waals surface area (Å²) in [5.74, 6) is -0.0183. The maximum atomic E-state index is 13.4. The van der Waals surface area contributed by atoms with Crippen LogP contribution in [-0.4, -0.2) is 26.6 Å². The lowest BCUT2D eigenvalue weighted by Crippen LogP contribution is -2.27. The smallest absolute Gasteiger partial charge is 0.306 e. The highest BCUT2D eigenvalue weighted by molar-refractivity contribution is 7.89. The average molecular weight is 382 g/mol. The molecule has 1 aliphatic rings. The van der Waals surface area contributed by atoms with Crippen molar-refractivity contribution in [2.24, 2.45) is 0 Å². The first-order valence-electron chi connectivity index (χ1n) is 7.64. The molecule has 0 spiro atoms. The van der Waals surface area contributed by atoms with E-state index >= 15 is 0 Å². The molecule has 2 aromatic carbocycles. The van der Waals surface area contributed by atoms with Gasteiger partial charge in [-0.05, 0) is 36.8 Å². The van der Waals surface area contributed by atoms with E-state index in [0.717, 1.165) is 12.1 Å². The molecule has 1 N–H and O–H groups in total. The number of halogens is 1. The molecular formula is C16H15FN2O6S. The Kier molecular flexibility index (Phi) is 4.79. The normalized spacial score (nSPS) is 14.7. The predicted octanol–water partition coefficient (Wildman–Crippen LogP) is 2.54. The van der Waals surface area contributed by atoms with Gasteiger partial charge in [-0.25, -0.2) is 13.1 Å². The van der Waals surface area contributed by atoms with Crippen LogP contribution in [0.1, 0.15) is 18.5 Å². The van der Waals surface area contributed by atoms with E-state index < -0.39 is 37.4 Å². The van der Waals surface area contributed by atoms with Crippen LogP contribution >= 0.6 is 0 Å². The number of hydrogen-bond donors (Lipinski definition) is 1. The van der Waals surface area contributed by atoms with E-state index in [0.29, 0.717) is 36.3 Å². The summed E-state index contributed by atoms with van der Waals surface area (Å²) in [4.78, 5) is 9.44. The number of nitrogens with one attached hydrogen (secondary N) is 1. The maximum Gasteiger partial charge on any atom is 0.306 e.